The SMILES string of the molecule is CC1C(C(F)(F)F)=CN=C(Oc2ccc(C(F)(F)C(O)(CN=CN=NN)c3ccc(F)cc3F)nc2)C1Cl. The summed E-state index contributed by atoms with van der Waals surface area (Å²) in [5.41, 5.74) is -6.42. The highest BCUT2D eigenvalue weighted by molar-refractivity contribution is 6.31. The van der Waals surface area contributed by atoms with E-state index in [1.807, 2.05) is 0 Å². The van der Waals surface area contributed by atoms with E-state index >= 15 is 8.78 Å². The number of nitrogens with zero attached hydrogens (tertiary/aromatic N) is 5. The zero-order chi connectivity index (χ0) is 28.3. The molecule has 0 bridgehead atoms. The minimum Gasteiger partial charge on any atom is -0.440 e. The Kier molecular flexibility index (Phi) is 8.41. The first-order valence-corrected chi connectivity index (χ1v) is 10.9. The molecule has 0 saturated carbocycles. The van der Waals surface area contributed by atoms with E-state index in [0.29, 0.717) is 30.7 Å². The van der Waals surface area contributed by atoms with Crippen molar-refractivity contribution in [2.24, 2.45) is 32.1 Å². The molecule has 1 aromatic heterocycles. The summed E-state index contributed by atoms with van der Waals surface area (Å²) in [7, 11) is 0. The van der Waals surface area contributed by atoms with Crippen molar-refractivity contribution < 1.29 is 40.6 Å². The molecule has 16 heteroatoms. The van der Waals surface area contributed by atoms with Crippen LogP contribution >= 0.6 is 11.6 Å². The van der Waals surface area contributed by atoms with Crippen LogP contribution in [0.2, 0.25) is 0 Å². The smallest absolute Gasteiger partial charge is 0.414 e. The molecule has 2 aromatic rings. The van der Waals surface area contributed by atoms with Gasteiger partial charge in [0, 0.05) is 23.7 Å². The fourth-order valence-corrected chi connectivity index (χ4v) is 3.72. The molecule has 0 radical (unpaired) electrons. The Morgan fingerprint density at radius 3 is 2.45 bits per heavy atom. The standard InChI is InChI=1S/C22H18ClF7N6O2/c1-11-15(22(28,29)30)8-34-19(18(11)23)38-13-3-5-17(33-7-13)21(26,27)20(37,9-32-10-35-36-31)14-4-2-12(24)6-16(14)25/h2-8,10-11,18,37H,9H2,1H3,(H2,31,32,35). The summed E-state index contributed by atoms with van der Waals surface area (Å²) < 4.78 is 104. The number of pyridine rings is 1. The molecule has 3 unspecified atom stereocenters. The Labute approximate surface area is 215 Å². The van der Waals surface area contributed by atoms with E-state index in [4.69, 9.17) is 22.2 Å². The molecule has 0 fully saturated rings. The van der Waals surface area contributed by atoms with Gasteiger partial charge in [0.15, 0.2) is 5.60 Å². The third-order valence-corrected chi connectivity index (χ3v) is 6.08. The van der Waals surface area contributed by atoms with Gasteiger partial charge in [-0.3, -0.25) is 9.98 Å². The Hall–Kier alpha value is -3.59. The normalized spacial score (nSPS) is 20.4. The van der Waals surface area contributed by atoms with E-state index in [1.165, 1.54) is 6.92 Å². The second kappa shape index (κ2) is 11.0. The van der Waals surface area contributed by atoms with Crippen LogP contribution in [0.5, 0.6) is 5.75 Å². The van der Waals surface area contributed by atoms with Gasteiger partial charge in [-0.25, -0.2) is 13.8 Å². The third kappa shape index (κ3) is 5.78. The molecule has 0 amide bonds. The van der Waals surface area contributed by atoms with Crippen LogP contribution in [-0.4, -0.2) is 40.4 Å². The molecule has 3 rings (SSSR count). The maximum Gasteiger partial charge on any atom is 0.414 e. The number of nitrogens with two attached hydrogens (primary N) is 1. The summed E-state index contributed by atoms with van der Waals surface area (Å²) in [5, 5.41) is 15.6. The Bertz CT molecular complexity index is 1280. The number of hydrogen-bond acceptors (Lipinski definition) is 6. The summed E-state index contributed by atoms with van der Waals surface area (Å²) in [6.45, 7) is 0.0434. The zero-order valence-electron chi connectivity index (χ0n) is 19.2. The third-order valence-electron chi connectivity index (χ3n) is 5.52. The number of alkyl halides is 6. The van der Waals surface area contributed by atoms with Gasteiger partial charge in [-0.2, -0.15) is 22.0 Å². The number of allylic oxidation sites excluding steroid dienone is 1. The quantitative estimate of drug-likeness (QED) is 0.0914. The highest BCUT2D eigenvalue weighted by atomic mass is 35.5. The highest BCUT2D eigenvalue weighted by Gasteiger charge is 2.57. The predicted octanol–water partition coefficient (Wildman–Crippen LogP) is 5.17. The second-order valence-corrected chi connectivity index (χ2v) is 8.44. The van der Waals surface area contributed by atoms with Gasteiger partial charge in [0.25, 0.3) is 0 Å². The fraction of sp³-hybridized carbons (Fsp3) is 0.318. The lowest BCUT2D eigenvalue weighted by atomic mass is 9.84. The van der Waals surface area contributed by atoms with Crippen molar-refractivity contribution in [3.8, 4) is 5.75 Å². The fourth-order valence-electron chi connectivity index (χ4n) is 3.48. The molecule has 3 N–H and O–H groups in total. The summed E-state index contributed by atoms with van der Waals surface area (Å²) in [4.78, 5) is 10.6. The van der Waals surface area contributed by atoms with E-state index in [9.17, 15) is 27.1 Å². The molecule has 1 aliphatic rings. The van der Waals surface area contributed by atoms with Gasteiger partial charge in [0.1, 0.15) is 34.8 Å². The lowest BCUT2D eigenvalue weighted by Crippen LogP contribution is -2.47. The monoisotopic (exact) mass is 566 g/mol. The van der Waals surface area contributed by atoms with Gasteiger partial charge in [-0.15, -0.1) is 16.7 Å². The lowest BCUT2D eigenvalue weighted by Gasteiger charge is -2.34. The summed E-state index contributed by atoms with van der Waals surface area (Å²) in [6.07, 6.45) is -2.69. The maximum absolute atomic E-state index is 15.6. The van der Waals surface area contributed by atoms with Crippen LogP contribution in [0, 0.1) is 17.6 Å². The van der Waals surface area contributed by atoms with Crippen molar-refractivity contribution in [3.05, 3.63) is 71.2 Å². The largest absolute Gasteiger partial charge is 0.440 e. The number of aliphatic hydroxyl groups is 1. The van der Waals surface area contributed by atoms with Crippen LogP contribution < -0.4 is 10.6 Å². The van der Waals surface area contributed by atoms with Crippen LogP contribution in [0.4, 0.5) is 30.7 Å². The number of benzene rings is 1. The number of hydrogen-bond donors (Lipinski definition) is 2. The average molecular weight is 567 g/mol. The van der Waals surface area contributed by atoms with Crippen LogP contribution in [-0.2, 0) is 11.5 Å². The van der Waals surface area contributed by atoms with E-state index in [0.717, 1.165) is 18.3 Å². The second-order valence-electron chi connectivity index (χ2n) is 7.97. The summed E-state index contributed by atoms with van der Waals surface area (Å²) in [5.74, 6) is -3.87. The molecule has 1 aliphatic heterocycles. The first-order chi connectivity index (χ1) is 17.7. The number of ether oxygens (including phenoxy) is 1. The first-order valence-electron chi connectivity index (χ1n) is 10.5. The molecule has 1 aromatic carbocycles. The summed E-state index contributed by atoms with van der Waals surface area (Å²) >= 11 is 6.04. The molecule has 38 heavy (non-hydrogen) atoms. The van der Waals surface area contributed by atoms with Gasteiger partial charge in [0.2, 0.25) is 5.90 Å². The van der Waals surface area contributed by atoms with Crippen LogP contribution in [0.15, 0.2) is 68.6 Å². The highest BCUT2D eigenvalue weighted by Crippen LogP contribution is 2.46. The minimum absolute atomic E-state index is 0.220. The van der Waals surface area contributed by atoms with Crippen molar-refractivity contribution in [2.75, 3.05) is 6.54 Å². The van der Waals surface area contributed by atoms with Gasteiger partial charge in [-0.05, 0) is 24.3 Å². The number of rotatable bonds is 7. The Balaban J connectivity index is 1.94. The van der Waals surface area contributed by atoms with E-state index in [2.05, 4.69) is 25.3 Å². The van der Waals surface area contributed by atoms with E-state index in [1.54, 1.807) is 0 Å². The van der Waals surface area contributed by atoms with E-state index in [-0.39, 0.29) is 11.6 Å². The van der Waals surface area contributed by atoms with E-state index < -0.39 is 64.0 Å². The number of aromatic nitrogens is 1. The van der Waals surface area contributed by atoms with Gasteiger partial charge >= 0.3 is 12.1 Å². The van der Waals surface area contributed by atoms with Gasteiger partial charge in [-0.1, -0.05) is 12.1 Å². The maximum atomic E-state index is 15.6. The van der Waals surface area contributed by atoms with Crippen molar-refractivity contribution in [2.45, 2.75) is 30.0 Å². The van der Waals surface area contributed by atoms with Crippen LogP contribution in [0.3, 0.4) is 0 Å². The van der Waals surface area contributed by atoms with Crippen LogP contribution in [0.1, 0.15) is 18.2 Å². The molecule has 204 valence electrons. The Morgan fingerprint density at radius 1 is 1.16 bits per heavy atom. The Morgan fingerprint density at radius 2 is 1.87 bits per heavy atom. The molecular formula is C22H18ClF7N6O2. The van der Waals surface area contributed by atoms with Crippen molar-refractivity contribution >= 4 is 23.8 Å². The summed E-state index contributed by atoms with van der Waals surface area (Å²) in [6, 6.07) is 3.28. The number of aliphatic imine (C=N–C) groups is 2. The predicted molar refractivity (Wildman–Crippen MR) is 122 cm³/mol. The minimum atomic E-state index is -4.66. The van der Waals surface area contributed by atoms with Crippen molar-refractivity contribution in [1.29, 1.82) is 0 Å². The van der Waals surface area contributed by atoms with Gasteiger partial charge < -0.3 is 15.7 Å². The molecule has 0 aliphatic carbocycles. The lowest BCUT2D eigenvalue weighted by molar-refractivity contribution is -0.193. The average Bonchev–Trinajstić information content (AvgIpc) is 2.84. The molecular weight excluding hydrogens is 549 g/mol. The first kappa shape index (κ1) is 29.0. The number of halogens is 8. The molecule has 0 spiro atoms. The van der Waals surface area contributed by atoms with Crippen molar-refractivity contribution in [1.82, 2.24) is 4.98 Å². The zero-order valence-corrected chi connectivity index (χ0v) is 19.9. The molecule has 2 heterocycles. The van der Waals surface area contributed by atoms with Gasteiger partial charge in [0.05, 0.1) is 18.3 Å². The van der Waals surface area contributed by atoms with Crippen molar-refractivity contribution in [3.63, 3.8) is 0 Å². The topological polar surface area (TPSA) is 118 Å². The molecule has 3 atom stereocenters. The van der Waals surface area contributed by atoms with Crippen LogP contribution in [0.25, 0.3) is 0 Å². The molecule has 8 nitrogen and oxygen atoms in total. The molecule has 0 saturated heterocycles.